The van der Waals surface area contributed by atoms with Crippen molar-refractivity contribution >= 4 is 23.4 Å². The summed E-state index contributed by atoms with van der Waals surface area (Å²) >= 11 is 6.23. The van der Waals surface area contributed by atoms with E-state index in [4.69, 9.17) is 30.5 Å². The van der Waals surface area contributed by atoms with Gasteiger partial charge >= 0.3 is 6.09 Å². The Bertz CT molecular complexity index is 1280. The molecule has 1 amide bonds. The standard InChI is InChI=1S/C31H38ClN3O5/c1-31(2,3)40-30(36)34-14-8-7-9-28(34)35(25-12-10-24(32)11-13-25)20-21-15-23(19-33-18-21)22-16-26(37-4)29(39-6)27(17-22)38-5/h10-13,15-19,28H,7-9,14,20H2,1-6H3. The molecule has 9 heteroatoms. The number of methoxy groups -OCH3 is 3. The number of amides is 1. The molecule has 2 heterocycles. The number of aromatic nitrogens is 1. The number of halogens is 1. The van der Waals surface area contributed by atoms with E-state index in [9.17, 15) is 4.79 Å². The highest BCUT2D eigenvalue weighted by Crippen LogP contribution is 2.41. The van der Waals surface area contributed by atoms with E-state index in [0.717, 1.165) is 41.6 Å². The van der Waals surface area contributed by atoms with Crippen LogP contribution in [0.1, 0.15) is 45.6 Å². The van der Waals surface area contributed by atoms with Crippen molar-refractivity contribution in [2.75, 3.05) is 32.8 Å². The number of nitrogens with zero attached hydrogens (tertiary/aromatic N) is 3. The maximum absolute atomic E-state index is 13.3. The summed E-state index contributed by atoms with van der Waals surface area (Å²) in [7, 11) is 4.78. The van der Waals surface area contributed by atoms with Gasteiger partial charge in [-0.05, 0) is 93.6 Å². The zero-order valence-electron chi connectivity index (χ0n) is 24.1. The number of rotatable bonds is 8. The van der Waals surface area contributed by atoms with Crippen LogP contribution >= 0.6 is 11.6 Å². The number of ether oxygens (including phenoxy) is 4. The van der Waals surface area contributed by atoms with E-state index < -0.39 is 5.60 Å². The molecule has 0 bridgehead atoms. The largest absolute Gasteiger partial charge is 0.493 e. The number of benzene rings is 2. The molecule has 1 aliphatic rings. The number of hydrogen-bond donors (Lipinski definition) is 0. The Kier molecular flexibility index (Phi) is 9.30. The van der Waals surface area contributed by atoms with Gasteiger partial charge in [-0.2, -0.15) is 0 Å². The first-order chi connectivity index (χ1) is 19.1. The summed E-state index contributed by atoms with van der Waals surface area (Å²) in [4.78, 5) is 21.9. The first kappa shape index (κ1) is 29.3. The Morgan fingerprint density at radius 1 is 0.975 bits per heavy atom. The van der Waals surface area contributed by atoms with Gasteiger partial charge in [0.25, 0.3) is 0 Å². The van der Waals surface area contributed by atoms with Gasteiger partial charge in [0.15, 0.2) is 11.5 Å². The molecule has 0 aliphatic carbocycles. The van der Waals surface area contributed by atoms with Crippen molar-refractivity contribution in [1.82, 2.24) is 9.88 Å². The minimum atomic E-state index is -0.580. The molecule has 1 aromatic heterocycles. The van der Waals surface area contributed by atoms with E-state index in [2.05, 4.69) is 16.0 Å². The SMILES string of the molecule is COc1cc(-c2cncc(CN(c3ccc(Cl)cc3)C3CCCCN3C(=O)OC(C)(C)C)c2)cc(OC)c1OC. The average Bonchev–Trinajstić information content (AvgIpc) is 2.95. The lowest BCUT2D eigenvalue weighted by Crippen LogP contribution is -2.54. The van der Waals surface area contributed by atoms with Crippen LogP contribution in [0.2, 0.25) is 5.02 Å². The van der Waals surface area contributed by atoms with Gasteiger partial charge < -0.3 is 23.8 Å². The molecule has 0 spiro atoms. The van der Waals surface area contributed by atoms with E-state index in [0.29, 0.717) is 35.4 Å². The molecule has 40 heavy (non-hydrogen) atoms. The normalized spacial score (nSPS) is 15.4. The lowest BCUT2D eigenvalue weighted by Gasteiger charge is -2.44. The van der Waals surface area contributed by atoms with Crippen molar-refractivity contribution < 1.29 is 23.7 Å². The molecule has 4 rings (SSSR count). The third-order valence-corrected chi connectivity index (χ3v) is 7.01. The number of pyridine rings is 1. The molecule has 3 aromatic rings. The summed E-state index contributed by atoms with van der Waals surface area (Å²) in [5.74, 6) is 1.67. The highest BCUT2D eigenvalue weighted by Gasteiger charge is 2.34. The molecule has 1 atom stereocenters. The highest BCUT2D eigenvalue weighted by atomic mass is 35.5. The molecular formula is C31H38ClN3O5. The second-order valence-corrected chi connectivity index (χ2v) is 11.2. The van der Waals surface area contributed by atoms with Gasteiger partial charge in [0, 0.05) is 41.8 Å². The van der Waals surface area contributed by atoms with Crippen LogP contribution in [0.5, 0.6) is 17.2 Å². The number of hydrogen-bond acceptors (Lipinski definition) is 7. The fourth-order valence-corrected chi connectivity index (χ4v) is 5.08. The minimum absolute atomic E-state index is 0.186. The predicted molar refractivity (Wildman–Crippen MR) is 158 cm³/mol. The molecule has 0 saturated carbocycles. The van der Waals surface area contributed by atoms with E-state index in [-0.39, 0.29) is 12.3 Å². The molecule has 0 N–H and O–H groups in total. The third kappa shape index (κ3) is 6.91. The molecular weight excluding hydrogens is 530 g/mol. The van der Waals surface area contributed by atoms with Crippen LogP contribution in [0.15, 0.2) is 54.9 Å². The smallest absolute Gasteiger partial charge is 0.411 e. The van der Waals surface area contributed by atoms with E-state index in [1.807, 2.05) is 74.5 Å². The van der Waals surface area contributed by atoms with Crippen LogP contribution < -0.4 is 19.1 Å². The first-order valence-electron chi connectivity index (χ1n) is 13.4. The molecule has 1 fully saturated rings. The second-order valence-electron chi connectivity index (χ2n) is 10.8. The lowest BCUT2D eigenvalue weighted by molar-refractivity contribution is 0.00923. The maximum atomic E-state index is 13.3. The van der Waals surface area contributed by atoms with Gasteiger partial charge in [0.2, 0.25) is 5.75 Å². The molecule has 0 radical (unpaired) electrons. The average molecular weight is 568 g/mol. The Labute approximate surface area is 241 Å². The Hall–Kier alpha value is -3.65. The van der Waals surface area contributed by atoms with Crippen LogP contribution in [0, 0.1) is 0 Å². The fourth-order valence-electron chi connectivity index (χ4n) is 4.95. The van der Waals surface area contributed by atoms with Crippen molar-refractivity contribution in [2.45, 2.75) is 58.3 Å². The monoisotopic (exact) mass is 567 g/mol. The van der Waals surface area contributed by atoms with Gasteiger partial charge in [-0.3, -0.25) is 9.88 Å². The van der Waals surface area contributed by atoms with Crippen molar-refractivity contribution in [3.05, 3.63) is 65.4 Å². The van der Waals surface area contributed by atoms with Crippen molar-refractivity contribution in [2.24, 2.45) is 0 Å². The fraction of sp³-hybridized carbons (Fsp3) is 0.419. The number of piperidine rings is 1. The second kappa shape index (κ2) is 12.7. The van der Waals surface area contributed by atoms with E-state index in [1.54, 1.807) is 21.3 Å². The summed E-state index contributed by atoms with van der Waals surface area (Å²) in [6, 6.07) is 13.6. The van der Waals surface area contributed by atoms with Crippen LogP contribution in [0.4, 0.5) is 10.5 Å². The van der Waals surface area contributed by atoms with Crippen molar-refractivity contribution in [3.8, 4) is 28.4 Å². The number of carbonyl (C=O) groups is 1. The Morgan fingerprint density at radius 2 is 1.65 bits per heavy atom. The number of anilines is 1. The molecule has 214 valence electrons. The van der Waals surface area contributed by atoms with Gasteiger partial charge in [0.1, 0.15) is 11.8 Å². The number of likely N-dealkylation sites (tertiary alicyclic amines) is 1. The molecule has 1 aliphatic heterocycles. The van der Waals surface area contributed by atoms with E-state index >= 15 is 0 Å². The van der Waals surface area contributed by atoms with Crippen LogP contribution in [0.25, 0.3) is 11.1 Å². The first-order valence-corrected chi connectivity index (χ1v) is 13.8. The van der Waals surface area contributed by atoms with Gasteiger partial charge in [-0.15, -0.1) is 0 Å². The highest BCUT2D eigenvalue weighted by molar-refractivity contribution is 6.30. The van der Waals surface area contributed by atoms with Crippen LogP contribution in [-0.2, 0) is 11.3 Å². The summed E-state index contributed by atoms with van der Waals surface area (Å²) in [6.07, 6.45) is 5.94. The van der Waals surface area contributed by atoms with Crippen LogP contribution in [0.3, 0.4) is 0 Å². The number of carbonyl (C=O) groups excluding carboxylic acids is 1. The summed E-state index contributed by atoms with van der Waals surface area (Å²) in [5, 5.41) is 0.655. The van der Waals surface area contributed by atoms with Crippen molar-refractivity contribution in [3.63, 3.8) is 0 Å². The minimum Gasteiger partial charge on any atom is -0.493 e. The van der Waals surface area contributed by atoms with E-state index in [1.165, 1.54) is 0 Å². The maximum Gasteiger partial charge on any atom is 0.411 e. The Morgan fingerprint density at radius 3 is 2.25 bits per heavy atom. The summed E-state index contributed by atoms with van der Waals surface area (Å²) in [5.41, 5.74) is 3.15. The summed E-state index contributed by atoms with van der Waals surface area (Å²) < 4.78 is 22.4. The molecule has 8 nitrogen and oxygen atoms in total. The summed E-state index contributed by atoms with van der Waals surface area (Å²) in [6.45, 7) is 6.83. The topological polar surface area (TPSA) is 73.4 Å². The van der Waals surface area contributed by atoms with Gasteiger partial charge in [0.05, 0.1) is 21.3 Å². The zero-order chi connectivity index (χ0) is 28.9. The van der Waals surface area contributed by atoms with Crippen LogP contribution in [-0.4, -0.2) is 55.6 Å². The predicted octanol–water partition coefficient (Wildman–Crippen LogP) is 7.18. The molecule has 1 unspecified atom stereocenters. The van der Waals surface area contributed by atoms with Gasteiger partial charge in [-0.1, -0.05) is 11.6 Å². The Balaban J connectivity index is 1.71. The molecule has 2 aromatic carbocycles. The quantitative estimate of drug-likeness (QED) is 0.285. The molecule has 1 saturated heterocycles. The third-order valence-electron chi connectivity index (χ3n) is 6.76. The zero-order valence-corrected chi connectivity index (χ0v) is 24.8. The lowest BCUT2D eigenvalue weighted by atomic mass is 10.0. The van der Waals surface area contributed by atoms with Crippen molar-refractivity contribution in [1.29, 1.82) is 0 Å². The van der Waals surface area contributed by atoms with Gasteiger partial charge in [-0.25, -0.2) is 4.79 Å².